The second-order valence-electron chi connectivity index (χ2n) is 3.83. The molecule has 0 spiro atoms. The van der Waals surface area contributed by atoms with Crippen molar-refractivity contribution in [3.63, 3.8) is 0 Å². The monoisotopic (exact) mass is 278 g/mol. The number of carbonyl (C=O) groups is 1. The molecule has 1 heterocycles. The van der Waals surface area contributed by atoms with Gasteiger partial charge < -0.3 is 4.42 Å². The van der Waals surface area contributed by atoms with Crippen LogP contribution < -0.4 is 0 Å². The lowest BCUT2D eigenvalue weighted by atomic mass is 10.2. The Hall–Kier alpha value is -2.15. The number of carbonyl (C=O) groups excluding carboxylic acids is 1. The molecule has 0 N–H and O–H groups in total. The molecular formula is C12H10N2O4S. The lowest BCUT2D eigenvalue weighted by Crippen LogP contribution is -1.93. The average molecular weight is 278 g/mol. The van der Waals surface area contributed by atoms with Gasteiger partial charge in [0.05, 0.1) is 15.5 Å². The summed E-state index contributed by atoms with van der Waals surface area (Å²) in [6, 6.07) is 4.27. The molecule has 98 valence electrons. The molecule has 0 fully saturated rings. The summed E-state index contributed by atoms with van der Waals surface area (Å²) < 4.78 is 5.37. The molecule has 6 nitrogen and oxygen atoms in total. The van der Waals surface area contributed by atoms with Crippen molar-refractivity contribution in [3.8, 4) is 0 Å². The fraction of sp³-hybridized carbons (Fsp3) is 0.167. The van der Waals surface area contributed by atoms with Crippen molar-refractivity contribution in [1.82, 2.24) is 4.98 Å². The predicted molar refractivity (Wildman–Crippen MR) is 68.6 cm³/mol. The molecule has 0 unspecified atom stereocenters. The van der Waals surface area contributed by atoms with Gasteiger partial charge in [-0.1, -0.05) is 6.07 Å². The molecule has 0 aliphatic heterocycles. The van der Waals surface area contributed by atoms with Gasteiger partial charge in [-0.3, -0.25) is 14.9 Å². The minimum Gasteiger partial charge on any atom is -0.436 e. The Morgan fingerprint density at radius 1 is 1.42 bits per heavy atom. The quantitative estimate of drug-likeness (QED) is 0.485. The Bertz CT molecular complexity index is 632. The number of aryl methyl sites for hydroxylation is 2. The summed E-state index contributed by atoms with van der Waals surface area (Å²) >= 11 is 1.06. The van der Waals surface area contributed by atoms with Crippen LogP contribution in [0.5, 0.6) is 0 Å². The van der Waals surface area contributed by atoms with Gasteiger partial charge in [0.25, 0.3) is 10.9 Å². The van der Waals surface area contributed by atoms with Crippen LogP contribution in [-0.2, 0) is 0 Å². The molecule has 0 saturated carbocycles. The fourth-order valence-electron chi connectivity index (χ4n) is 1.42. The second kappa shape index (κ2) is 5.23. The van der Waals surface area contributed by atoms with E-state index < -0.39 is 4.92 Å². The third-order valence-corrected chi connectivity index (χ3v) is 3.44. The summed E-state index contributed by atoms with van der Waals surface area (Å²) in [6.07, 6.45) is 0.570. The lowest BCUT2D eigenvalue weighted by Gasteiger charge is -2.00. The van der Waals surface area contributed by atoms with Crippen molar-refractivity contribution < 1.29 is 14.1 Å². The lowest BCUT2D eigenvalue weighted by molar-refractivity contribution is -0.387. The van der Waals surface area contributed by atoms with Crippen LogP contribution in [0.4, 0.5) is 5.69 Å². The van der Waals surface area contributed by atoms with Gasteiger partial charge in [-0.15, -0.1) is 0 Å². The van der Waals surface area contributed by atoms with Crippen molar-refractivity contribution in [2.75, 3.05) is 0 Å². The molecule has 0 saturated heterocycles. The van der Waals surface area contributed by atoms with Crippen LogP contribution in [0.3, 0.4) is 0 Å². The van der Waals surface area contributed by atoms with E-state index in [9.17, 15) is 14.9 Å². The van der Waals surface area contributed by atoms with E-state index in [2.05, 4.69) is 4.98 Å². The van der Waals surface area contributed by atoms with E-state index in [4.69, 9.17) is 4.42 Å². The number of benzene rings is 1. The summed E-state index contributed by atoms with van der Waals surface area (Å²) in [7, 11) is 0. The third-order valence-electron chi connectivity index (χ3n) is 2.52. The number of aldehydes is 1. The predicted octanol–water partition coefficient (Wildman–Crippen LogP) is 3.16. The van der Waals surface area contributed by atoms with E-state index >= 15 is 0 Å². The number of oxazole rings is 1. The van der Waals surface area contributed by atoms with Gasteiger partial charge in [0.2, 0.25) is 0 Å². The number of hydrogen-bond donors (Lipinski definition) is 0. The number of rotatable bonds is 4. The first-order valence-corrected chi connectivity index (χ1v) is 6.18. The van der Waals surface area contributed by atoms with Crippen LogP contribution in [0.2, 0.25) is 0 Å². The minimum atomic E-state index is -0.530. The first-order valence-electron chi connectivity index (χ1n) is 5.36. The number of nitro benzene ring substituents is 1. The summed E-state index contributed by atoms with van der Waals surface area (Å²) in [6.45, 7) is 3.57. The Morgan fingerprint density at radius 3 is 2.68 bits per heavy atom. The summed E-state index contributed by atoms with van der Waals surface area (Å²) in [5.74, 6) is 0.676. The molecule has 0 aliphatic rings. The summed E-state index contributed by atoms with van der Waals surface area (Å²) in [4.78, 5) is 25.6. The second-order valence-corrected chi connectivity index (χ2v) is 4.82. The molecule has 0 atom stereocenters. The maximum absolute atomic E-state index is 11.0. The first kappa shape index (κ1) is 13.3. The van der Waals surface area contributed by atoms with E-state index in [0.717, 1.165) is 17.5 Å². The van der Waals surface area contributed by atoms with Crippen molar-refractivity contribution in [2.24, 2.45) is 0 Å². The van der Waals surface area contributed by atoms with Crippen molar-refractivity contribution in [2.45, 2.75) is 24.0 Å². The Labute approximate surface area is 113 Å². The molecule has 1 aromatic heterocycles. The van der Waals surface area contributed by atoms with Crippen LogP contribution in [0.1, 0.15) is 21.8 Å². The van der Waals surface area contributed by atoms with E-state index in [0.29, 0.717) is 22.2 Å². The number of nitrogens with zero attached hydrogens (tertiary/aromatic N) is 2. The molecule has 0 aliphatic carbocycles. The molecule has 0 bridgehead atoms. The molecule has 1 aromatic carbocycles. The average Bonchev–Trinajstić information content (AvgIpc) is 2.68. The standard InChI is InChI=1S/C12H10N2O4S/c1-7-8(2)18-12(13-7)19-11-4-3-9(6-15)5-10(11)14(16)17/h3-6H,1-2H3. The van der Waals surface area contributed by atoms with Crippen molar-refractivity contribution in [3.05, 3.63) is 45.3 Å². The van der Waals surface area contributed by atoms with Gasteiger partial charge in [0, 0.05) is 11.6 Å². The molecule has 7 heteroatoms. The molecular weight excluding hydrogens is 268 g/mol. The third kappa shape index (κ3) is 2.82. The van der Waals surface area contributed by atoms with Gasteiger partial charge in [-0.2, -0.15) is 0 Å². The fourth-order valence-corrected chi connectivity index (χ4v) is 2.33. The summed E-state index contributed by atoms with van der Waals surface area (Å²) in [5.41, 5.74) is 0.869. The zero-order valence-corrected chi connectivity index (χ0v) is 11.1. The van der Waals surface area contributed by atoms with E-state index in [1.807, 2.05) is 0 Å². The topological polar surface area (TPSA) is 86.2 Å². The van der Waals surface area contributed by atoms with Crippen molar-refractivity contribution in [1.29, 1.82) is 0 Å². The normalized spacial score (nSPS) is 10.4. The minimum absolute atomic E-state index is 0.136. The SMILES string of the molecule is Cc1nc(Sc2ccc(C=O)cc2[N+](=O)[O-])oc1C. The largest absolute Gasteiger partial charge is 0.436 e. The zero-order valence-electron chi connectivity index (χ0n) is 10.2. The van der Waals surface area contributed by atoms with E-state index in [-0.39, 0.29) is 11.3 Å². The zero-order chi connectivity index (χ0) is 14.0. The maximum Gasteiger partial charge on any atom is 0.284 e. The van der Waals surface area contributed by atoms with Crippen LogP contribution in [0.25, 0.3) is 0 Å². The van der Waals surface area contributed by atoms with Gasteiger partial charge >= 0.3 is 0 Å². The van der Waals surface area contributed by atoms with Crippen molar-refractivity contribution >= 4 is 23.7 Å². The number of aromatic nitrogens is 1. The molecule has 2 aromatic rings. The van der Waals surface area contributed by atoms with Crippen LogP contribution in [0, 0.1) is 24.0 Å². The van der Waals surface area contributed by atoms with E-state index in [1.54, 1.807) is 13.8 Å². The van der Waals surface area contributed by atoms with Crippen LogP contribution in [0.15, 0.2) is 32.7 Å². The molecule has 0 amide bonds. The van der Waals surface area contributed by atoms with E-state index in [1.165, 1.54) is 18.2 Å². The number of hydrogen-bond acceptors (Lipinski definition) is 6. The highest BCUT2D eigenvalue weighted by Crippen LogP contribution is 2.35. The van der Waals surface area contributed by atoms with Crippen LogP contribution in [-0.4, -0.2) is 16.2 Å². The highest BCUT2D eigenvalue weighted by molar-refractivity contribution is 7.99. The van der Waals surface area contributed by atoms with Gasteiger partial charge in [-0.25, -0.2) is 4.98 Å². The smallest absolute Gasteiger partial charge is 0.284 e. The highest BCUT2D eigenvalue weighted by atomic mass is 32.2. The highest BCUT2D eigenvalue weighted by Gasteiger charge is 2.18. The Morgan fingerprint density at radius 2 is 2.16 bits per heavy atom. The van der Waals surface area contributed by atoms with Gasteiger partial charge in [0.15, 0.2) is 0 Å². The molecule has 19 heavy (non-hydrogen) atoms. The maximum atomic E-state index is 11.0. The van der Waals surface area contributed by atoms with Gasteiger partial charge in [-0.05, 0) is 31.7 Å². The molecule has 0 radical (unpaired) electrons. The van der Waals surface area contributed by atoms with Gasteiger partial charge in [0.1, 0.15) is 12.0 Å². The Balaban J connectivity index is 2.39. The first-order chi connectivity index (χ1) is 9.01. The summed E-state index contributed by atoms with van der Waals surface area (Å²) in [5, 5.41) is 11.3. The molecule has 2 rings (SSSR count). The Kier molecular flexibility index (Phi) is 3.66. The van der Waals surface area contributed by atoms with Crippen LogP contribution >= 0.6 is 11.8 Å². The number of nitro groups is 1.